The standard InChI is InChI=1S/C25H30NSi.CH4.HI/c1-2-26(22-23-12-6-3-7-13-23)18-20-27(21-19-26,24-14-8-4-9-15-24)25-16-10-5-11-17-25;;/h3-17H,2,18-22H2,1H3;1H4;1H/q+1;;. The van der Waals surface area contributed by atoms with E-state index in [2.05, 4.69) is 97.9 Å². The molecule has 0 aliphatic carbocycles. The van der Waals surface area contributed by atoms with Crippen LogP contribution in [0.5, 0.6) is 0 Å². The molecule has 0 radical (unpaired) electrons. The van der Waals surface area contributed by atoms with Crippen LogP contribution in [0.15, 0.2) is 91.0 Å². The van der Waals surface area contributed by atoms with Crippen molar-refractivity contribution in [1.29, 1.82) is 0 Å². The predicted molar refractivity (Wildman–Crippen MR) is 140 cm³/mol. The van der Waals surface area contributed by atoms with Crippen molar-refractivity contribution in [2.75, 3.05) is 19.6 Å². The van der Waals surface area contributed by atoms with Gasteiger partial charge in [-0.25, -0.2) is 0 Å². The molecule has 29 heavy (non-hydrogen) atoms. The summed E-state index contributed by atoms with van der Waals surface area (Å²) in [6.07, 6.45) is 0. The molecule has 3 heteroatoms. The maximum atomic E-state index is 2.39. The second kappa shape index (κ2) is 10.6. The summed E-state index contributed by atoms with van der Waals surface area (Å²) in [5.41, 5.74) is 1.48. The van der Waals surface area contributed by atoms with E-state index >= 15 is 0 Å². The van der Waals surface area contributed by atoms with Crippen LogP contribution in [-0.4, -0.2) is 32.2 Å². The van der Waals surface area contributed by atoms with Gasteiger partial charge in [-0.15, -0.1) is 24.0 Å². The summed E-state index contributed by atoms with van der Waals surface area (Å²) in [7, 11) is -1.67. The minimum Gasteiger partial charge on any atom is -0.321 e. The van der Waals surface area contributed by atoms with Gasteiger partial charge in [0, 0.05) is 17.7 Å². The van der Waals surface area contributed by atoms with Crippen LogP contribution >= 0.6 is 24.0 Å². The Morgan fingerprint density at radius 3 is 1.52 bits per heavy atom. The highest BCUT2D eigenvalue weighted by Crippen LogP contribution is 2.29. The summed E-state index contributed by atoms with van der Waals surface area (Å²) in [6, 6.07) is 36.6. The van der Waals surface area contributed by atoms with E-state index in [0.29, 0.717) is 0 Å². The van der Waals surface area contributed by atoms with Crippen LogP contribution in [0.2, 0.25) is 12.1 Å². The third kappa shape index (κ3) is 5.01. The van der Waals surface area contributed by atoms with E-state index in [-0.39, 0.29) is 31.4 Å². The molecule has 1 aliphatic rings. The molecule has 0 aromatic heterocycles. The van der Waals surface area contributed by atoms with Crippen molar-refractivity contribution in [3.8, 4) is 0 Å². The van der Waals surface area contributed by atoms with Crippen molar-refractivity contribution >= 4 is 42.4 Å². The van der Waals surface area contributed by atoms with E-state index in [9.17, 15) is 0 Å². The third-order valence-corrected chi connectivity index (χ3v) is 11.7. The summed E-state index contributed by atoms with van der Waals surface area (Å²) in [6.45, 7) is 7.36. The van der Waals surface area contributed by atoms with Crippen molar-refractivity contribution in [3.05, 3.63) is 96.6 Å². The van der Waals surface area contributed by atoms with Gasteiger partial charge in [-0.05, 0) is 6.92 Å². The lowest BCUT2D eigenvalue weighted by Crippen LogP contribution is -2.67. The largest absolute Gasteiger partial charge is 0.321 e. The second-order valence-electron chi connectivity index (χ2n) is 8.06. The van der Waals surface area contributed by atoms with E-state index in [1.54, 1.807) is 10.4 Å². The van der Waals surface area contributed by atoms with Crippen LogP contribution in [0.4, 0.5) is 0 Å². The number of halogens is 1. The van der Waals surface area contributed by atoms with E-state index in [4.69, 9.17) is 0 Å². The lowest BCUT2D eigenvalue weighted by Gasteiger charge is -2.48. The van der Waals surface area contributed by atoms with Crippen LogP contribution in [0.3, 0.4) is 0 Å². The molecule has 0 N–H and O–H groups in total. The molecule has 0 atom stereocenters. The monoisotopic (exact) mass is 516 g/mol. The zero-order valence-corrected chi connectivity index (χ0v) is 20.1. The van der Waals surface area contributed by atoms with Gasteiger partial charge in [0.05, 0.1) is 19.6 Å². The summed E-state index contributed by atoms with van der Waals surface area (Å²) in [4.78, 5) is 0. The first-order valence-corrected chi connectivity index (χ1v) is 12.7. The Hall–Kier alpha value is -1.43. The van der Waals surface area contributed by atoms with Gasteiger partial charge >= 0.3 is 0 Å². The molecule has 1 aliphatic heterocycles. The molecule has 1 nitrogen and oxygen atoms in total. The van der Waals surface area contributed by atoms with E-state index in [1.807, 2.05) is 0 Å². The molecular weight excluding hydrogens is 481 g/mol. The fourth-order valence-corrected chi connectivity index (χ4v) is 10.0. The Bertz CT molecular complexity index is 802. The number of rotatable bonds is 5. The molecule has 3 aromatic carbocycles. The van der Waals surface area contributed by atoms with Crippen LogP contribution < -0.4 is 10.4 Å². The van der Waals surface area contributed by atoms with Gasteiger partial charge in [-0.2, -0.15) is 0 Å². The molecule has 4 rings (SSSR count). The van der Waals surface area contributed by atoms with Crippen LogP contribution in [-0.2, 0) is 6.54 Å². The summed E-state index contributed by atoms with van der Waals surface area (Å²) >= 11 is 0. The van der Waals surface area contributed by atoms with Crippen molar-refractivity contribution in [2.24, 2.45) is 0 Å². The van der Waals surface area contributed by atoms with E-state index in [1.165, 1.54) is 48.3 Å². The van der Waals surface area contributed by atoms with Gasteiger partial charge in [-0.1, -0.05) is 109 Å². The molecular formula is C26H35INSi+. The van der Waals surface area contributed by atoms with Crippen molar-refractivity contribution in [2.45, 2.75) is 33.0 Å². The molecule has 1 saturated heterocycles. The number of hydrogen-bond acceptors (Lipinski definition) is 0. The average molecular weight is 517 g/mol. The first-order valence-electron chi connectivity index (χ1n) is 10.3. The zero-order valence-electron chi connectivity index (χ0n) is 16.8. The first kappa shape index (κ1) is 23.8. The maximum Gasteiger partial charge on any atom is 0.129 e. The highest BCUT2D eigenvalue weighted by Gasteiger charge is 2.45. The van der Waals surface area contributed by atoms with Crippen molar-refractivity contribution < 1.29 is 4.48 Å². The highest BCUT2D eigenvalue weighted by molar-refractivity contribution is 14.0. The minimum absolute atomic E-state index is 0. The normalized spacial score (nSPS) is 16.9. The fraction of sp³-hybridized carbons (Fsp3) is 0.308. The lowest BCUT2D eigenvalue weighted by atomic mass is 10.1. The SMILES string of the molecule is C.CC[N+]1(Cc2ccccc2)CC[Si](c2ccccc2)(c2ccccc2)CC1.I. The topological polar surface area (TPSA) is 0 Å². The summed E-state index contributed by atoms with van der Waals surface area (Å²) in [5, 5.41) is 3.23. The molecule has 0 bridgehead atoms. The Morgan fingerprint density at radius 2 is 1.10 bits per heavy atom. The number of hydrogen-bond donors (Lipinski definition) is 0. The Kier molecular flexibility index (Phi) is 8.68. The van der Waals surface area contributed by atoms with E-state index < -0.39 is 8.07 Å². The Morgan fingerprint density at radius 1 is 0.690 bits per heavy atom. The Labute approximate surface area is 195 Å². The number of nitrogens with zero attached hydrogens (tertiary/aromatic N) is 1. The first-order chi connectivity index (χ1) is 13.3. The molecule has 3 aromatic rings. The quantitative estimate of drug-likeness (QED) is 0.237. The zero-order chi connectivity index (χ0) is 18.6. The highest BCUT2D eigenvalue weighted by atomic mass is 127. The van der Waals surface area contributed by atoms with Crippen molar-refractivity contribution in [3.63, 3.8) is 0 Å². The minimum atomic E-state index is -1.67. The number of quaternary nitrogens is 1. The molecule has 1 fully saturated rings. The van der Waals surface area contributed by atoms with Crippen LogP contribution in [0, 0.1) is 0 Å². The van der Waals surface area contributed by atoms with Gasteiger partial charge in [0.2, 0.25) is 0 Å². The van der Waals surface area contributed by atoms with Crippen LogP contribution in [0.1, 0.15) is 19.9 Å². The van der Waals surface area contributed by atoms with Gasteiger partial charge in [0.1, 0.15) is 14.6 Å². The van der Waals surface area contributed by atoms with Gasteiger partial charge in [0.15, 0.2) is 0 Å². The molecule has 1 heterocycles. The van der Waals surface area contributed by atoms with Gasteiger partial charge in [0.25, 0.3) is 0 Å². The fourth-order valence-electron chi connectivity index (χ4n) is 4.91. The van der Waals surface area contributed by atoms with E-state index in [0.717, 1.165) is 0 Å². The Balaban J connectivity index is 0.00000150. The predicted octanol–water partition coefficient (Wildman–Crippen LogP) is 5.55. The second-order valence-corrected chi connectivity index (χ2v) is 12.4. The molecule has 0 amide bonds. The van der Waals surface area contributed by atoms with Crippen molar-refractivity contribution in [1.82, 2.24) is 0 Å². The van der Waals surface area contributed by atoms with Crippen LogP contribution in [0.25, 0.3) is 0 Å². The molecule has 154 valence electrons. The summed E-state index contributed by atoms with van der Waals surface area (Å²) < 4.78 is 1.23. The molecule has 0 spiro atoms. The molecule has 0 saturated carbocycles. The smallest absolute Gasteiger partial charge is 0.129 e. The summed E-state index contributed by atoms with van der Waals surface area (Å²) in [5.74, 6) is 0. The molecule has 0 unspecified atom stereocenters. The maximum absolute atomic E-state index is 2.39. The van der Waals surface area contributed by atoms with Gasteiger partial charge < -0.3 is 4.48 Å². The lowest BCUT2D eigenvalue weighted by molar-refractivity contribution is -0.937. The third-order valence-electron chi connectivity index (χ3n) is 6.71. The average Bonchev–Trinajstić information content (AvgIpc) is 2.76. The van der Waals surface area contributed by atoms with Gasteiger partial charge in [-0.3, -0.25) is 0 Å². The number of benzene rings is 3.